The van der Waals surface area contributed by atoms with Crippen LogP contribution in [0.1, 0.15) is 34.7 Å². The number of benzene rings is 2. The molecule has 0 unspecified atom stereocenters. The van der Waals surface area contributed by atoms with Crippen molar-refractivity contribution >= 4 is 46.2 Å². The number of hydrogen-bond donors (Lipinski definition) is 1. The molecule has 2 aromatic carbocycles. The van der Waals surface area contributed by atoms with Gasteiger partial charge in [-0.25, -0.2) is 0 Å². The number of thiocarbonyl (C=S) groups is 1. The highest BCUT2D eigenvalue weighted by Gasteiger charge is 2.42. The second-order valence-electron chi connectivity index (χ2n) is 8.43. The summed E-state index contributed by atoms with van der Waals surface area (Å²) < 4.78 is 7.55. The van der Waals surface area contributed by atoms with Gasteiger partial charge in [0.05, 0.1) is 40.6 Å². The number of nitrogens with one attached hydrogen (secondary N) is 1. The third-order valence-corrected chi connectivity index (χ3v) is 7.32. The van der Waals surface area contributed by atoms with Gasteiger partial charge in [-0.2, -0.15) is 0 Å². The topological polar surface area (TPSA) is 42.3 Å². The average Bonchev–Trinajstić information content (AvgIpc) is 3.35. The molecule has 35 heavy (non-hydrogen) atoms. The molecular formula is C27H24Cl2N4OS. The van der Waals surface area contributed by atoms with Gasteiger partial charge in [0.25, 0.3) is 0 Å². The van der Waals surface area contributed by atoms with Gasteiger partial charge in [-0.15, -0.1) is 0 Å². The third-order valence-electron chi connectivity index (χ3n) is 6.39. The molecule has 0 saturated carbocycles. The number of anilines is 1. The molecule has 1 aliphatic rings. The fourth-order valence-electron chi connectivity index (χ4n) is 4.84. The lowest BCUT2D eigenvalue weighted by molar-refractivity contribution is 0.415. The minimum Gasteiger partial charge on any atom is -0.495 e. The van der Waals surface area contributed by atoms with Crippen molar-refractivity contribution in [3.63, 3.8) is 0 Å². The SMILES string of the molecule is COc1ccc(N2C(=S)N[C@H](c3ccccn3)[C@@H]2c2cc(C)n(-c3ccccc3Cl)c2C)cc1Cl. The smallest absolute Gasteiger partial charge is 0.174 e. The Morgan fingerprint density at radius 3 is 2.43 bits per heavy atom. The number of nitrogens with zero attached hydrogens (tertiary/aromatic N) is 3. The van der Waals surface area contributed by atoms with Crippen molar-refractivity contribution in [1.29, 1.82) is 0 Å². The highest BCUT2D eigenvalue weighted by atomic mass is 35.5. The summed E-state index contributed by atoms with van der Waals surface area (Å²) in [6.07, 6.45) is 1.80. The van der Waals surface area contributed by atoms with Crippen LogP contribution in [0.5, 0.6) is 5.75 Å². The number of ether oxygens (including phenoxy) is 1. The number of aromatic nitrogens is 2. The van der Waals surface area contributed by atoms with Crippen molar-refractivity contribution in [3.05, 3.63) is 106 Å². The first-order chi connectivity index (χ1) is 16.9. The van der Waals surface area contributed by atoms with E-state index < -0.39 is 0 Å². The molecule has 5 nitrogen and oxygen atoms in total. The van der Waals surface area contributed by atoms with Crippen LogP contribution in [0, 0.1) is 13.8 Å². The Bertz CT molecular complexity index is 1410. The number of hydrogen-bond acceptors (Lipinski definition) is 3. The van der Waals surface area contributed by atoms with Crippen molar-refractivity contribution in [2.75, 3.05) is 12.0 Å². The van der Waals surface area contributed by atoms with E-state index in [1.807, 2.05) is 60.7 Å². The van der Waals surface area contributed by atoms with Crippen molar-refractivity contribution in [3.8, 4) is 11.4 Å². The average molecular weight is 523 g/mol. The number of methoxy groups -OCH3 is 1. The van der Waals surface area contributed by atoms with Gasteiger partial charge in [0.2, 0.25) is 0 Å². The fourth-order valence-corrected chi connectivity index (χ4v) is 5.66. The van der Waals surface area contributed by atoms with E-state index in [2.05, 4.69) is 39.7 Å². The molecule has 8 heteroatoms. The molecule has 3 heterocycles. The summed E-state index contributed by atoms with van der Waals surface area (Å²) in [5, 5.41) is 5.33. The maximum atomic E-state index is 6.59. The molecule has 1 N–H and O–H groups in total. The van der Waals surface area contributed by atoms with Gasteiger partial charge < -0.3 is 19.5 Å². The molecule has 2 atom stereocenters. The Hall–Kier alpha value is -3.06. The van der Waals surface area contributed by atoms with Crippen LogP contribution in [0.15, 0.2) is 72.9 Å². The van der Waals surface area contributed by atoms with E-state index in [4.69, 9.17) is 40.2 Å². The molecule has 1 saturated heterocycles. The minimum absolute atomic E-state index is 0.162. The van der Waals surface area contributed by atoms with Gasteiger partial charge >= 0.3 is 0 Å². The van der Waals surface area contributed by atoms with E-state index >= 15 is 0 Å². The molecule has 0 spiro atoms. The Kier molecular flexibility index (Phi) is 6.45. The Morgan fingerprint density at radius 1 is 0.971 bits per heavy atom. The van der Waals surface area contributed by atoms with E-state index in [0.717, 1.165) is 34.0 Å². The van der Waals surface area contributed by atoms with Gasteiger partial charge in [-0.1, -0.05) is 41.4 Å². The Balaban J connectivity index is 1.69. The van der Waals surface area contributed by atoms with Crippen molar-refractivity contribution in [2.24, 2.45) is 0 Å². The first kappa shape index (κ1) is 23.7. The van der Waals surface area contributed by atoms with Crippen LogP contribution in [0.3, 0.4) is 0 Å². The molecule has 0 radical (unpaired) electrons. The maximum absolute atomic E-state index is 6.59. The Labute approximate surface area is 220 Å². The lowest BCUT2D eigenvalue weighted by Crippen LogP contribution is -2.29. The number of pyridine rings is 1. The maximum Gasteiger partial charge on any atom is 0.174 e. The summed E-state index contributed by atoms with van der Waals surface area (Å²) in [4.78, 5) is 6.76. The normalized spacial score (nSPS) is 17.5. The zero-order valence-corrected chi connectivity index (χ0v) is 21.8. The monoisotopic (exact) mass is 522 g/mol. The van der Waals surface area contributed by atoms with Crippen LogP contribution in [0.4, 0.5) is 5.69 Å². The molecular weight excluding hydrogens is 499 g/mol. The van der Waals surface area contributed by atoms with Gasteiger partial charge in [0.15, 0.2) is 5.11 Å². The molecule has 4 aromatic rings. The highest BCUT2D eigenvalue weighted by molar-refractivity contribution is 7.80. The molecule has 1 aliphatic heterocycles. The standard InChI is InChI=1S/C27H24Cl2N4OS/c1-16-14-19(17(2)32(16)23-10-5-4-8-20(23)28)26-25(22-9-6-7-13-30-22)31-27(35)33(26)18-11-12-24(34-3)21(29)15-18/h4-15,25-26H,1-3H3,(H,31,35)/t25-,26+/m1/s1. The third kappa shape index (κ3) is 4.16. The van der Waals surface area contributed by atoms with E-state index in [0.29, 0.717) is 20.9 Å². The highest BCUT2D eigenvalue weighted by Crippen LogP contribution is 2.45. The van der Waals surface area contributed by atoms with Gasteiger partial charge in [0, 0.05) is 23.3 Å². The molecule has 2 aromatic heterocycles. The minimum atomic E-state index is -0.163. The van der Waals surface area contributed by atoms with Gasteiger partial charge in [0.1, 0.15) is 5.75 Å². The van der Waals surface area contributed by atoms with Crippen LogP contribution < -0.4 is 15.0 Å². The largest absolute Gasteiger partial charge is 0.495 e. The van der Waals surface area contributed by atoms with Crippen LogP contribution >= 0.6 is 35.4 Å². The second-order valence-corrected chi connectivity index (χ2v) is 9.63. The number of para-hydroxylation sites is 1. The number of halogens is 2. The van der Waals surface area contributed by atoms with E-state index in [9.17, 15) is 0 Å². The predicted octanol–water partition coefficient (Wildman–Crippen LogP) is 6.98. The summed E-state index contributed by atoms with van der Waals surface area (Å²) in [6.45, 7) is 4.20. The lowest BCUT2D eigenvalue weighted by atomic mass is 9.96. The molecule has 5 rings (SSSR count). The fraction of sp³-hybridized carbons (Fsp3) is 0.185. The number of aryl methyl sites for hydroxylation is 1. The first-order valence-corrected chi connectivity index (χ1v) is 12.3. The van der Waals surface area contributed by atoms with Gasteiger partial charge in [-0.05, 0) is 80.2 Å². The molecule has 178 valence electrons. The Morgan fingerprint density at radius 2 is 1.74 bits per heavy atom. The van der Waals surface area contributed by atoms with E-state index in [-0.39, 0.29) is 12.1 Å². The summed E-state index contributed by atoms with van der Waals surface area (Å²) in [5.41, 5.74) is 6.01. The summed E-state index contributed by atoms with van der Waals surface area (Å²) in [7, 11) is 1.60. The molecule has 0 aliphatic carbocycles. The zero-order valence-electron chi connectivity index (χ0n) is 19.5. The van der Waals surface area contributed by atoms with E-state index in [1.165, 1.54) is 0 Å². The quantitative estimate of drug-likeness (QED) is 0.286. The number of rotatable bonds is 5. The van der Waals surface area contributed by atoms with Crippen LogP contribution in [0.2, 0.25) is 10.0 Å². The first-order valence-electron chi connectivity index (χ1n) is 11.2. The van der Waals surface area contributed by atoms with Gasteiger partial charge in [-0.3, -0.25) is 4.98 Å². The van der Waals surface area contributed by atoms with Crippen LogP contribution in [0.25, 0.3) is 5.69 Å². The predicted molar refractivity (Wildman–Crippen MR) is 146 cm³/mol. The second kappa shape index (κ2) is 9.53. The van der Waals surface area contributed by atoms with Crippen molar-refractivity contribution in [2.45, 2.75) is 25.9 Å². The van der Waals surface area contributed by atoms with E-state index in [1.54, 1.807) is 13.3 Å². The lowest BCUT2D eigenvalue weighted by Gasteiger charge is -2.28. The van der Waals surface area contributed by atoms with Crippen LogP contribution in [-0.2, 0) is 0 Å². The summed E-state index contributed by atoms with van der Waals surface area (Å²) >= 11 is 19.0. The zero-order chi connectivity index (χ0) is 24.7. The van der Waals surface area contributed by atoms with Crippen molar-refractivity contribution < 1.29 is 4.74 Å². The molecule has 0 bridgehead atoms. The van der Waals surface area contributed by atoms with Crippen LogP contribution in [-0.4, -0.2) is 21.8 Å². The van der Waals surface area contributed by atoms with Crippen molar-refractivity contribution in [1.82, 2.24) is 14.9 Å². The molecule has 0 amide bonds. The summed E-state index contributed by atoms with van der Waals surface area (Å²) in [6, 6.07) is 21.4. The molecule has 1 fully saturated rings. The summed E-state index contributed by atoms with van der Waals surface area (Å²) in [5.74, 6) is 0.614.